The minimum absolute atomic E-state index is 0.483. The van der Waals surface area contributed by atoms with Crippen molar-refractivity contribution in [3.63, 3.8) is 0 Å². The fourth-order valence-corrected chi connectivity index (χ4v) is 3.63. The Bertz CT molecular complexity index is 495. The summed E-state index contributed by atoms with van der Waals surface area (Å²) in [5, 5.41) is 2.90. The molecule has 0 amide bonds. The average molecular weight is 345 g/mol. The molecular weight excluding hydrogens is 330 g/mol. The van der Waals surface area contributed by atoms with Gasteiger partial charge >= 0.3 is 0 Å². The molecule has 2 rings (SSSR count). The SMILES string of the molecule is NCC(Cc1ccc(Cl)cc1)Cc1cc(Br)cs1. The van der Waals surface area contributed by atoms with Crippen LogP contribution < -0.4 is 5.73 Å². The molecule has 0 radical (unpaired) electrons. The Labute approximate surface area is 125 Å². The lowest BCUT2D eigenvalue weighted by atomic mass is 9.96. The molecule has 1 nitrogen and oxygen atoms in total. The summed E-state index contributed by atoms with van der Waals surface area (Å²) < 4.78 is 1.16. The first-order chi connectivity index (χ1) is 8.67. The third-order valence-electron chi connectivity index (χ3n) is 2.88. The van der Waals surface area contributed by atoms with Crippen molar-refractivity contribution in [2.45, 2.75) is 12.8 Å². The largest absolute Gasteiger partial charge is 0.330 e. The van der Waals surface area contributed by atoms with Crippen LogP contribution in [0.2, 0.25) is 5.02 Å². The molecule has 2 N–H and O–H groups in total. The number of hydrogen-bond donors (Lipinski definition) is 1. The predicted molar refractivity (Wildman–Crippen MR) is 83.4 cm³/mol. The molecule has 4 heteroatoms. The van der Waals surface area contributed by atoms with E-state index in [0.717, 1.165) is 22.3 Å². The van der Waals surface area contributed by atoms with E-state index >= 15 is 0 Å². The lowest BCUT2D eigenvalue weighted by Gasteiger charge is -2.13. The molecule has 1 aromatic carbocycles. The molecule has 0 spiro atoms. The van der Waals surface area contributed by atoms with Gasteiger partial charge in [0.05, 0.1) is 0 Å². The van der Waals surface area contributed by atoms with Gasteiger partial charge in [0.15, 0.2) is 0 Å². The molecule has 0 aliphatic rings. The van der Waals surface area contributed by atoms with Crippen LogP contribution in [0.15, 0.2) is 40.2 Å². The molecule has 2 aromatic rings. The van der Waals surface area contributed by atoms with Crippen molar-refractivity contribution in [2.75, 3.05) is 6.54 Å². The Kier molecular flexibility index (Phi) is 5.25. The van der Waals surface area contributed by atoms with Gasteiger partial charge in [-0.1, -0.05) is 23.7 Å². The second-order valence-electron chi connectivity index (χ2n) is 4.37. The molecular formula is C14H15BrClNS. The number of hydrogen-bond acceptors (Lipinski definition) is 2. The monoisotopic (exact) mass is 343 g/mol. The maximum absolute atomic E-state index is 5.89. The Hall–Kier alpha value is -0.350. The zero-order valence-electron chi connectivity index (χ0n) is 9.90. The molecule has 18 heavy (non-hydrogen) atoms. The highest BCUT2D eigenvalue weighted by molar-refractivity contribution is 9.10. The van der Waals surface area contributed by atoms with E-state index in [-0.39, 0.29) is 0 Å². The highest BCUT2D eigenvalue weighted by Crippen LogP contribution is 2.24. The van der Waals surface area contributed by atoms with Gasteiger partial charge in [-0.25, -0.2) is 0 Å². The summed E-state index contributed by atoms with van der Waals surface area (Å²) in [6.07, 6.45) is 2.04. The Morgan fingerprint density at radius 3 is 2.50 bits per heavy atom. The maximum Gasteiger partial charge on any atom is 0.0406 e. The molecule has 0 fully saturated rings. The van der Waals surface area contributed by atoms with Crippen LogP contribution in [0.3, 0.4) is 0 Å². The van der Waals surface area contributed by atoms with Gasteiger partial charge in [-0.05, 0) is 65.0 Å². The van der Waals surface area contributed by atoms with Crippen molar-refractivity contribution >= 4 is 38.9 Å². The van der Waals surface area contributed by atoms with Crippen molar-refractivity contribution in [3.05, 3.63) is 55.6 Å². The molecule has 0 bridgehead atoms. The van der Waals surface area contributed by atoms with Crippen molar-refractivity contribution in [1.29, 1.82) is 0 Å². The van der Waals surface area contributed by atoms with E-state index in [2.05, 4.69) is 39.5 Å². The van der Waals surface area contributed by atoms with E-state index in [4.69, 9.17) is 17.3 Å². The topological polar surface area (TPSA) is 26.0 Å². The molecule has 96 valence electrons. The number of halogens is 2. The van der Waals surface area contributed by atoms with Gasteiger partial charge in [0.1, 0.15) is 0 Å². The molecule has 0 saturated carbocycles. The standard InChI is InChI=1S/C14H15BrClNS/c15-12-7-14(18-9-12)6-11(8-17)5-10-1-3-13(16)4-2-10/h1-4,7,9,11H,5-6,8,17H2. The van der Waals surface area contributed by atoms with E-state index in [0.29, 0.717) is 12.5 Å². The number of rotatable bonds is 5. The van der Waals surface area contributed by atoms with Crippen molar-refractivity contribution in [1.82, 2.24) is 0 Å². The van der Waals surface area contributed by atoms with Crippen LogP contribution in [-0.4, -0.2) is 6.54 Å². The fraction of sp³-hybridized carbons (Fsp3) is 0.286. The van der Waals surface area contributed by atoms with Gasteiger partial charge in [0.2, 0.25) is 0 Å². The van der Waals surface area contributed by atoms with Crippen LogP contribution in [-0.2, 0) is 12.8 Å². The first-order valence-electron chi connectivity index (χ1n) is 5.85. The van der Waals surface area contributed by atoms with Crippen LogP contribution in [0, 0.1) is 5.92 Å². The molecule has 1 unspecified atom stereocenters. The molecule has 0 saturated heterocycles. The van der Waals surface area contributed by atoms with Gasteiger partial charge in [-0.15, -0.1) is 11.3 Å². The highest BCUT2D eigenvalue weighted by Gasteiger charge is 2.10. The predicted octanol–water partition coefficient (Wildman–Crippen LogP) is 4.52. The van der Waals surface area contributed by atoms with Gasteiger partial charge in [-0.2, -0.15) is 0 Å². The normalized spacial score (nSPS) is 12.6. The maximum atomic E-state index is 5.89. The lowest BCUT2D eigenvalue weighted by molar-refractivity contribution is 0.537. The van der Waals surface area contributed by atoms with Crippen molar-refractivity contribution in [3.8, 4) is 0 Å². The zero-order chi connectivity index (χ0) is 13.0. The zero-order valence-corrected chi connectivity index (χ0v) is 13.1. The molecule has 1 aromatic heterocycles. The van der Waals surface area contributed by atoms with E-state index in [1.165, 1.54) is 10.4 Å². The number of thiophene rings is 1. The van der Waals surface area contributed by atoms with Crippen LogP contribution >= 0.6 is 38.9 Å². The van der Waals surface area contributed by atoms with Crippen molar-refractivity contribution in [2.24, 2.45) is 11.7 Å². The highest BCUT2D eigenvalue weighted by atomic mass is 79.9. The summed E-state index contributed by atoms with van der Waals surface area (Å²) >= 11 is 11.2. The van der Waals surface area contributed by atoms with Crippen LogP contribution in [0.1, 0.15) is 10.4 Å². The minimum atomic E-state index is 0.483. The Morgan fingerprint density at radius 2 is 1.94 bits per heavy atom. The third-order valence-corrected chi connectivity index (χ3v) is 4.85. The van der Waals surface area contributed by atoms with Gasteiger partial charge < -0.3 is 5.73 Å². The van der Waals surface area contributed by atoms with Gasteiger partial charge in [0.25, 0.3) is 0 Å². The number of benzene rings is 1. The second kappa shape index (κ2) is 6.71. The van der Waals surface area contributed by atoms with Gasteiger partial charge in [0, 0.05) is 19.8 Å². The van der Waals surface area contributed by atoms with Gasteiger partial charge in [-0.3, -0.25) is 0 Å². The summed E-state index contributed by atoms with van der Waals surface area (Å²) in [6, 6.07) is 10.2. The summed E-state index contributed by atoms with van der Waals surface area (Å²) in [6.45, 7) is 0.706. The smallest absolute Gasteiger partial charge is 0.0406 e. The third kappa shape index (κ3) is 4.09. The van der Waals surface area contributed by atoms with Crippen LogP contribution in [0.5, 0.6) is 0 Å². The summed E-state index contributed by atoms with van der Waals surface area (Å²) in [7, 11) is 0. The van der Waals surface area contributed by atoms with E-state index in [1.54, 1.807) is 11.3 Å². The molecule has 1 heterocycles. The molecule has 0 aliphatic heterocycles. The van der Waals surface area contributed by atoms with E-state index < -0.39 is 0 Å². The first-order valence-corrected chi connectivity index (χ1v) is 7.90. The summed E-state index contributed by atoms with van der Waals surface area (Å²) in [4.78, 5) is 1.38. The summed E-state index contributed by atoms with van der Waals surface area (Å²) in [5.41, 5.74) is 7.17. The minimum Gasteiger partial charge on any atom is -0.330 e. The average Bonchev–Trinajstić information content (AvgIpc) is 2.77. The quantitative estimate of drug-likeness (QED) is 0.847. The Morgan fingerprint density at radius 1 is 1.22 bits per heavy atom. The lowest BCUT2D eigenvalue weighted by Crippen LogP contribution is -2.18. The van der Waals surface area contributed by atoms with Crippen molar-refractivity contribution < 1.29 is 0 Å². The second-order valence-corrected chi connectivity index (χ2v) is 6.72. The Balaban J connectivity index is 1.99. The first kappa shape index (κ1) is 14.1. The molecule has 0 aliphatic carbocycles. The van der Waals surface area contributed by atoms with E-state index in [9.17, 15) is 0 Å². The number of nitrogens with two attached hydrogens (primary N) is 1. The van der Waals surface area contributed by atoms with Crippen LogP contribution in [0.4, 0.5) is 0 Å². The summed E-state index contributed by atoms with van der Waals surface area (Å²) in [5.74, 6) is 0.483. The fourth-order valence-electron chi connectivity index (χ4n) is 1.94. The van der Waals surface area contributed by atoms with E-state index in [1.807, 2.05) is 12.1 Å². The molecule has 1 atom stereocenters. The van der Waals surface area contributed by atoms with Crippen LogP contribution in [0.25, 0.3) is 0 Å².